The maximum Gasteiger partial charge on any atom is 0.416 e. The van der Waals surface area contributed by atoms with Gasteiger partial charge in [0, 0.05) is 5.56 Å². The fraction of sp³-hybridized carbons (Fsp3) is 0.105. The molecule has 0 fully saturated rings. The lowest BCUT2D eigenvalue weighted by Crippen LogP contribution is -2.08. The van der Waals surface area contributed by atoms with Crippen LogP contribution in [0.5, 0.6) is 0 Å². The monoisotopic (exact) mass is 328 g/mol. The highest BCUT2D eigenvalue weighted by Gasteiger charge is 2.29. The molecule has 5 heteroatoms. The smallest absolute Gasteiger partial charge is 0.416 e. The third kappa shape index (κ3) is 3.04. The Morgan fingerprint density at radius 2 is 1.62 bits per heavy atom. The zero-order valence-corrected chi connectivity index (χ0v) is 12.6. The average molecular weight is 328 g/mol. The lowest BCUT2D eigenvalue weighted by molar-refractivity contribution is -0.137. The summed E-state index contributed by atoms with van der Waals surface area (Å²) in [5.74, 6) is 5.79. The Hall–Kier alpha value is -3.00. The van der Waals surface area contributed by atoms with Gasteiger partial charge in [0.25, 0.3) is 0 Å². The maximum atomic E-state index is 12.5. The second-order valence-corrected chi connectivity index (χ2v) is 5.18. The van der Waals surface area contributed by atoms with E-state index in [1.165, 1.54) is 12.1 Å². The molecule has 0 radical (unpaired) electrons. The van der Waals surface area contributed by atoms with Crippen molar-refractivity contribution in [3.05, 3.63) is 81.2 Å². The van der Waals surface area contributed by atoms with Gasteiger partial charge in [0.1, 0.15) is 16.9 Å². The normalized spacial score (nSPS) is 11.2. The van der Waals surface area contributed by atoms with Crippen molar-refractivity contribution in [2.75, 3.05) is 0 Å². The minimum absolute atomic E-state index is 0.202. The molecule has 3 rings (SSSR count). The molecule has 2 aromatic carbocycles. The van der Waals surface area contributed by atoms with E-state index in [9.17, 15) is 18.0 Å². The second kappa shape index (κ2) is 5.89. The van der Waals surface area contributed by atoms with Crippen LogP contribution in [0.15, 0.2) is 57.7 Å². The van der Waals surface area contributed by atoms with Crippen molar-refractivity contribution in [3.63, 3.8) is 0 Å². The molecule has 3 aromatic rings. The molecule has 0 saturated carbocycles. The highest BCUT2D eigenvalue weighted by molar-refractivity contribution is 5.78. The predicted molar refractivity (Wildman–Crippen MR) is 84.6 cm³/mol. The standard InChI is InChI=1S/C19H11F3O2/c1-12-15(18(23)16-4-2-3-5-17(16)24-12)11-8-13-6-9-14(10-7-13)19(20,21)22/h2-7,9-10H,1H3. The summed E-state index contributed by atoms with van der Waals surface area (Å²) in [6.07, 6.45) is -4.39. The van der Waals surface area contributed by atoms with Crippen LogP contribution in [0.1, 0.15) is 22.5 Å². The molecule has 0 bridgehead atoms. The number of halogens is 3. The third-order valence-electron chi connectivity index (χ3n) is 3.52. The highest BCUT2D eigenvalue weighted by atomic mass is 19.4. The molecule has 24 heavy (non-hydrogen) atoms. The zero-order valence-electron chi connectivity index (χ0n) is 12.6. The number of alkyl halides is 3. The van der Waals surface area contributed by atoms with Gasteiger partial charge in [-0.3, -0.25) is 4.79 Å². The van der Waals surface area contributed by atoms with E-state index in [4.69, 9.17) is 4.42 Å². The van der Waals surface area contributed by atoms with E-state index in [0.29, 0.717) is 22.3 Å². The Morgan fingerprint density at radius 3 is 2.29 bits per heavy atom. The number of rotatable bonds is 0. The minimum Gasteiger partial charge on any atom is -0.460 e. The fourth-order valence-electron chi connectivity index (χ4n) is 2.28. The lowest BCUT2D eigenvalue weighted by Gasteiger charge is -2.05. The minimum atomic E-state index is -4.39. The molecule has 0 aliphatic rings. The summed E-state index contributed by atoms with van der Waals surface area (Å²) < 4.78 is 43.2. The van der Waals surface area contributed by atoms with Gasteiger partial charge in [0.2, 0.25) is 5.43 Å². The molecular formula is C19H11F3O2. The van der Waals surface area contributed by atoms with Crippen LogP contribution in [0.3, 0.4) is 0 Å². The summed E-state index contributed by atoms with van der Waals surface area (Å²) in [6, 6.07) is 11.3. The van der Waals surface area contributed by atoms with E-state index < -0.39 is 11.7 Å². The van der Waals surface area contributed by atoms with Crippen molar-refractivity contribution < 1.29 is 17.6 Å². The molecule has 0 amide bonds. The molecule has 1 heterocycles. The Balaban J connectivity index is 2.02. The van der Waals surface area contributed by atoms with E-state index >= 15 is 0 Å². The molecule has 0 saturated heterocycles. The first-order chi connectivity index (χ1) is 11.4. The summed E-state index contributed by atoms with van der Waals surface area (Å²) in [5, 5.41) is 0.416. The van der Waals surface area contributed by atoms with E-state index in [0.717, 1.165) is 12.1 Å². The van der Waals surface area contributed by atoms with Crippen molar-refractivity contribution in [3.8, 4) is 11.8 Å². The van der Waals surface area contributed by atoms with Gasteiger partial charge in [-0.15, -0.1) is 0 Å². The molecule has 0 unspecified atom stereocenters. The summed E-state index contributed by atoms with van der Waals surface area (Å²) in [6.45, 7) is 1.63. The van der Waals surface area contributed by atoms with Crippen LogP contribution in [0.25, 0.3) is 11.0 Å². The van der Waals surface area contributed by atoms with Crippen molar-refractivity contribution in [1.82, 2.24) is 0 Å². The van der Waals surface area contributed by atoms with Crippen LogP contribution in [0.2, 0.25) is 0 Å². The Kier molecular flexibility index (Phi) is 3.90. The largest absolute Gasteiger partial charge is 0.460 e. The summed E-state index contributed by atoms with van der Waals surface area (Å²) in [4.78, 5) is 12.4. The van der Waals surface area contributed by atoms with Gasteiger partial charge in [-0.2, -0.15) is 13.2 Å². The first-order valence-corrected chi connectivity index (χ1v) is 7.08. The Labute approximate surface area is 135 Å². The molecule has 120 valence electrons. The number of hydrogen-bond acceptors (Lipinski definition) is 2. The summed E-state index contributed by atoms with van der Waals surface area (Å²) in [5.41, 5.74) is 0.0619. The van der Waals surface area contributed by atoms with Gasteiger partial charge in [0.15, 0.2) is 0 Å². The first-order valence-electron chi connectivity index (χ1n) is 7.08. The van der Waals surface area contributed by atoms with Crippen LogP contribution in [-0.4, -0.2) is 0 Å². The van der Waals surface area contributed by atoms with Crippen molar-refractivity contribution in [2.24, 2.45) is 0 Å². The van der Waals surface area contributed by atoms with Gasteiger partial charge in [-0.05, 0) is 43.3 Å². The highest BCUT2D eigenvalue weighted by Crippen LogP contribution is 2.28. The fourth-order valence-corrected chi connectivity index (χ4v) is 2.28. The summed E-state index contributed by atoms with van der Waals surface area (Å²) in [7, 11) is 0. The van der Waals surface area contributed by atoms with E-state index in [1.54, 1.807) is 31.2 Å². The third-order valence-corrected chi connectivity index (χ3v) is 3.52. The Morgan fingerprint density at radius 1 is 0.958 bits per heavy atom. The van der Waals surface area contributed by atoms with Gasteiger partial charge in [0.05, 0.1) is 10.9 Å². The van der Waals surface area contributed by atoms with Gasteiger partial charge < -0.3 is 4.42 Å². The molecular weight excluding hydrogens is 317 g/mol. The maximum absolute atomic E-state index is 12.5. The van der Waals surface area contributed by atoms with Crippen LogP contribution in [0, 0.1) is 18.8 Å². The van der Waals surface area contributed by atoms with Gasteiger partial charge >= 0.3 is 6.18 Å². The summed E-state index contributed by atoms with van der Waals surface area (Å²) >= 11 is 0. The lowest BCUT2D eigenvalue weighted by atomic mass is 10.1. The molecule has 1 aromatic heterocycles. The topological polar surface area (TPSA) is 30.2 Å². The van der Waals surface area contributed by atoms with Crippen molar-refractivity contribution in [1.29, 1.82) is 0 Å². The average Bonchev–Trinajstić information content (AvgIpc) is 2.54. The second-order valence-electron chi connectivity index (χ2n) is 5.18. The molecule has 0 N–H and O–H groups in total. The molecule has 0 aliphatic carbocycles. The number of hydrogen-bond donors (Lipinski definition) is 0. The quantitative estimate of drug-likeness (QED) is 0.568. The van der Waals surface area contributed by atoms with Gasteiger partial charge in [-0.1, -0.05) is 24.0 Å². The predicted octanol–water partition coefficient (Wildman–Crippen LogP) is 4.52. The van der Waals surface area contributed by atoms with Crippen LogP contribution in [-0.2, 0) is 6.18 Å². The molecule has 0 aliphatic heterocycles. The number of benzene rings is 2. The number of para-hydroxylation sites is 1. The first kappa shape index (κ1) is 15.9. The van der Waals surface area contributed by atoms with E-state index in [2.05, 4.69) is 11.8 Å². The van der Waals surface area contributed by atoms with Crippen LogP contribution < -0.4 is 5.43 Å². The van der Waals surface area contributed by atoms with E-state index in [-0.39, 0.29) is 11.0 Å². The van der Waals surface area contributed by atoms with Crippen molar-refractivity contribution in [2.45, 2.75) is 13.1 Å². The zero-order chi connectivity index (χ0) is 17.3. The molecule has 0 atom stereocenters. The van der Waals surface area contributed by atoms with Gasteiger partial charge in [-0.25, -0.2) is 0 Å². The van der Waals surface area contributed by atoms with Crippen LogP contribution >= 0.6 is 0 Å². The number of fused-ring (bicyclic) bond motifs is 1. The van der Waals surface area contributed by atoms with Crippen molar-refractivity contribution >= 4 is 11.0 Å². The van der Waals surface area contributed by atoms with Crippen LogP contribution in [0.4, 0.5) is 13.2 Å². The van der Waals surface area contributed by atoms with E-state index in [1.807, 2.05) is 0 Å². The number of aryl methyl sites for hydroxylation is 1. The molecule has 2 nitrogen and oxygen atoms in total. The Bertz CT molecular complexity index is 1020. The SMILES string of the molecule is Cc1oc2ccccc2c(=O)c1C#Cc1ccc(C(F)(F)F)cc1. The molecule has 0 spiro atoms.